The zero-order chi connectivity index (χ0) is 24.2. The molecular formula is C25H27BrN2O6. The quantitative estimate of drug-likeness (QED) is 0.321. The maximum Gasteiger partial charge on any atom is 0.295 e. The van der Waals surface area contributed by atoms with E-state index in [1.54, 1.807) is 30.3 Å². The summed E-state index contributed by atoms with van der Waals surface area (Å²) in [5, 5.41) is 21.5. The van der Waals surface area contributed by atoms with Crippen LogP contribution in [0.15, 0.2) is 52.5 Å². The Morgan fingerprint density at radius 1 is 1.15 bits per heavy atom. The van der Waals surface area contributed by atoms with E-state index in [0.29, 0.717) is 42.0 Å². The highest BCUT2D eigenvalue weighted by molar-refractivity contribution is 9.10. The number of morpholine rings is 1. The number of ketones is 1. The molecular weight excluding hydrogens is 504 g/mol. The summed E-state index contributed by atoms with van der Waals surface area (Å²) in [4.78, 5) is 30.0. The number of carbonyl (C=O) groups is 2. The molecule has 0 bridgehead atoms. The molecule has 2 aliphatic heterocycles. The van der Waals surface area contributed by atoms with Gasteiger partial charge in [-0.3, -0.25) is 14.5 Å². The van der Waals surface area contributed by atoms with Crippen molar-refractivity contribution in [2.24, 2.45) is 0 Å². The largest absolute Gasteiger partial charge is 0.507 e. The lowest BCUT2D eigenvalue weighted by atomic mass is 9.95. The van der Waals surface area contributed by atoms with Crippen molar-refractivity contribution in [1.29, 1.82) is 0 Å². The molecule has 180 valence electrons. The molecule has 2 N–H and O–H groups in total. The summed E-state index contributed by atoms with van der Waals surface area (Å²) in [5.41, 5.74) is 0.660. The maximum atomic E-state index is 13.2. The van der Waals surface area contributed by atoms with Crippen molar-refractivity contribution in [3.63, 3.8) is 0 Å². The molecule has 4 rings (SSSR count). The van der Waals surface area contributed by atoms with Gasteiger partial charge in [0.2, 0.25) is 0 Å². The molecule has 2 heterocycles. The van der Waals surface area contributed by atoms with Gasteiger partial charge in [0.05, 0.1) is 37.5 Å². The van der Waals surface area contributed by atoms with Crippen LogP contribution >= 0.6 is 15.9 Å². The van der Waals surface area contributed by atoms with E-state index in [-0.39, 0.29) is 16.9 Å². The zero-order valence-corrected chi connectivity index (χ0v) is 20.5. The third-order valence-corrected chi connectivity index (χ3v) is 6.63. The van der Waals surface area contributed by atoms with E-state index in [1.807, 2.05) is 0 Å². The monoisotopic (exact) mass is 530 g/mol. The van der Waals surface area contributed by atoms with Crippen molar-refractivity contribution in [2.45, 2.75) is 12.5 Å². The van der Waals surface area contributed by atoms with Gasteiger partial charge in [0.1, 0.15) is 17.3 Å². The Balaban J connectivity index is 1.72. The van der Waals surface area contributed by atoms with Crippen LogP contribution in [0.2, 0.25) is 0 Å². The van der Waals surface area contributed by atoms with Gasteiger partial charge in [-0.05, 0) is 42.3 Å². The predicted octanol–water partition coefficient (Wildman–Crippen LogP) is 3.31. The molecule has 1 atom stereocenters. The number of rotatable bonds is 7. The Hall–Kier alpha value is -2.88. The molecule has 2 fully saturated rings. The minimum Gasteiger partial charge on any atom is -0.507 e. The average molecular weight is 531 g/mol. The van der Waals surface area contributed by atoms with E-state index < -0.39 is 23.5 Å². The molecule has 2 aromatic rings. The molecule has 0 aliphatic carbocycles. The topological polar surface area (TPSA) is 99.5 Å². The van der Waals surface area contributed by atoms with Crippen molar-refractivity contribution < 1.29 is 29.3 Å². The zero-order valence-electron chi connectivity index (χ0n) is 18.9. The number of carbonyl (C=O) groups excluding carboxylic acids is 2. The van der Waals surface area contributed by atoms with Crippen LogP contribution in [0.1, 0.15) is 23.6 Å². The molecule has 2 saturated heterocycles. The number of amides is 1. The van der Waals surface area contributed by atoms with Crippen LogP contribution in [0.25, 0.3) is 5.76 Å². The second kappa shape index (κ2) is 10.6. The summed E-state index contributed by atoms with van der Waals surface area (Å²) < 4.78 is 11.4. The van der Waals surface area contributed by atoms with E-state index in [4.69, 9.17) is 9.47 Å². The Morgan fingerprint density at radius 3 is 2.65 bits per heavy atom. The summed E-state index contributed by atoms with van der Waals surface area (Å²) in [6.07, 6.45) is 0.662. The van der Waals surface area contributed by atoms with Crippen molar-refractivity contribution >= 4 is 33.4 Å². The van der Waals surface area contributed by atoms with E-state index in [0.717, 1.165) is 19.6 Å². The van der Waals surface area contributed by atoms with E-state index >= 15 is 0 Å². The third-order valence-electron chi connectivity index (χ3n) is 6.14. The number of phenols is 1. The van der Waals surface area contributed by atoms with Gasteiger partial charge < -0.3 is 24.6 Å². The first kappa shape index (κ1) is 24.3. The van der Waals surface area contributed by atoms with Gasteiger partial charge in [-0.15, -0.1) is 0 Å². The number of halogens is 1. The smallest absolute Gasteiger partial charge is 0.295 e. The molecule has 0 radical (unpaired) electrons. The van der Waals surface area contributed by atoms with Crippen LogP contribution < -0.4 is 4.74 Å². The summed E-state index contributed by atoms with van der Waals surface area (Å²) in [6, 6.07) is 10.8. The minimum absolute atomic E-state index is 0.0574. The number of benzene rings is 2. The van der Waals surface area contributed by atoms with Crippen molar-refractivity contribution in [2.75, 3.05) is 46.5 Å². The second-order valence-corrected chi connectivity index (χ2v) is 9.15. The van der Waals surface area contributed by atoms with Crippen LogP contribution in [-0.4, -0.2) is 78.2 Å². The molecule has 2 aromatic carbocycles. The van der Waals surface area contributed by atoms with Gasteiger partial charge >= 0.3 is 0 Å². The summed E-state index contributed by atoms with van der Waals surface area (Å²) in [6.45, 7) is 4.14. The van der Waals surface area contributed by atoms with Crippen LogP contribution in [0.4, 0.5) is 0 Å². The number of Topliss-reactive ketones (excluding diaryl/α,β-unsaturated/α-hetero) is 1. The highest BCUT2D eigenvalue weighted by atomic mass is 79.9. The van der Waals surface area contributed by atoms with E-state index in [1.165, 1.54) is 24.1 Å². The van der Waals surface area contributed by atoms with Crippen LogP contribution in [0.3, 0.4) is 0 Å². The first-order valence-corrected chi connectivity index (χ1v) is 11.9. The van der Waals surface area contributed by atoms with Gasteiger partial charge in [-0.1, -0.05) is 28.1 Å². The Morgan fingerprint density at radius 2 is 1.91 bits per heavy atom. The third kappa shape index (κ3) is 4.96. The fraction of sp³-hybridized carbons (Fsp3) is 0.360. The normalized spacial score (nSPS) is 20.6. The lowest BCUT2D eigenvalue weighted by Gasteiger charge is -2.29. The number of methoxy groups -OCH3 is 1. The summed E-state index contributed by atoms with van der Waals surface area (Å²) in [7, 11) is 1.54. The number of ether oxygens (including phenoxy) is 2. The summed E-state index contributed by atoms with van der Waals surface area (Å²) in [5.74, 6) is -1.49. The number of aromatic hydroxyl groups is 1. The number of likely N-dealkylation sites (tertiary alicyclic amines) is 1. The Kier molecular flexibility index (Phi) is 7.55. The lowest BCUT2D eigenvalue weighted by molar-refractivity contribution is -0.140. The van der Waals surface area contributed by atoms with Gasteiger partial charge in [-0.2, -0.15) is 0 Å². The number of aliphatic hydroxyl groups is 1. The van der Waals surface area contributed by atoms with Crippen molar-refractivity contribution in [3.8, 4) is 11.5 Å². The first-order chi connectivity index (χ1) is 16.4. The predicted molar refractivity (Wildman–Crippen MR) is 130 cm³/mol. The molecule has 2 aliphatic rings. The molecule has 1 amide bonds. The fourth-order valence-electron chi connectivity index (χ4n) is 4.40. The Labute approximate surface area is 206 Å². The van der Waals surface area contributed by atoms with Crippen LogP contribution in [0.5, 0.6) is 11.5 Å². The molecule has 0 saturated carbocycles. The minimum atomic E-state index is -0.807. The van der Waals surface area contributed by atoms with Crippen molar-refractivity contribution in [3.05, 3.63) is 63.6 Å². The van der Waals surface area contributed by atoms with Crippen molar-refractivity contribution in [1.82, 2.24) is 9.80 Å². The number of hydrogen-bond acceptors (Lipinski definition) is 7. The van der Waals surface area contributed by atoms with Crippen LogP contribution in [0, 0.1) is 0 Å². The first-order valence-electron chi connectivity index (χ1n) is 11.1. The maximum absolute atomic E-state index is 13.2. The number of hydrogen-bond donors (Lipinski definition) is 2. The van der Waals surface area contributed by atoms with Gasteiger partial charge in [-0.25, -0.2) is 0 Å². The molecule has 0 aromatic heterocycles. The Bertz CT molecular complexity index is 1110. The van der Waals surface area contributed by atoms with E-state index in [9.17, 15) is 19.8 Å². The lowest BCUT2D eigenvalue weighted by Crippen LogP contribution is -2.38. The van der Waals surface area contributed by atoms with Gasteiger partial charge in [0.25, 0.3) is 11.7 Å². The standard InChI is InChI=1S/C25H27BrN2O6/c1-33-18-5-2-4-16(14-18)22-21(23(30)19-15-17(26)6-7-20(19)29)24(31)25(32)28(22)9-3-8-27-10-12-34-13-11-27/h2,4-7,14-15,22,29-30H,3,8-13H2,1H3/t22-/m0/s1. The highest BCUT2D eigenvalue weighted by Gasteiger charge is 2.46. The van der Waals surface area contributed by atoms with Gasteiger partial charge in [0.15, 0.2) is 0 Å². The number of aliphatic hydroxyl groups excluding tert-OH is 1. The van der Waals surface area contributed by atoms with Gasteiger partial charge in [0, 0.05) is 30.7 Å². The summed E-state index contributed by atoms with van der Waals surface area (Å²) >= 11 is 3.33. The SMILES string of the molecule is COc1cccc([C@H]2C(=C(O)c3cc(Br)ccc3O)C(=O)C(=O)N2CCCN2CCOCC2)c1. The number of nitrogens with zero attached hydrogens (tertiary/aromatic N) is 2. The molecule has 34 heavy (non-hydrogen) atoms. The molecule has 8 nitrogen and oxygen atoms in total. The van der Waals surface area contributed by atoms with E-state index in [2.05, 4.69) is 20.8 Å². The molecule has 0 spiro atoms. The average Bonchev–Trinajstić information content (AvgIpc) is 3.11. The molecule has 9 heteroatoms. The van der Waals surface area contributed by atoms with Crippen LogP contribution in [-0.2, 0) is 14.3 Å². The second-order valence-electron chi connectivity index (χ2n) is 8.24. The number of phenolic OH excluding ortho intramolecular Hbond substituents is 1. The highest BCUT2D eigenvalue weighted by Crippen LogP contribution is 2.42. The fourth-order valence-corrected chi connectivity index (χ4v) is 4.76. The molecule has 0 unspecified atom stereocenters.